The van der Waals surface area contributed by atoms with Crippen LogP contribution in [0.2, 0.25) is 0 Å². The predicted octanol–water partition coefficient (Wildman–Crippen LogP) is 1.48. The minimum Gasteiger partial charge on any atom is -0.401 e. The van der Waals surface area contributed by atoms with Crippen LogP contribution < -0.4 is 10.6 Å². The molecule has 3 rings (SSSR count). The van der Waals surface area contributed by atoms with E-state index in [1.807, 2.05) is 28.9 Å². The Morgan fingerprint density at radius 1 is 1.50 bits per heavy atom. The van der Waals surface area contributed by atoms with Crippen LogP contribution in [0.25, 0.3) is 0 Å². The SMILES string of the molecule is CN1C=C(N)CCn2nc(C3(F)CC3)cc21. The van der Waals surface area contributed by atoms with Crippen molar-refractivity contribution < 1.29 is 4.39 Å². The molecule has 2 heterocycles. The number of nitrogens with zero attached hydrogens (tertiary/aromatic N) is 3. The first-order valence-corrected chi connectivity index (χ1v) is 5.55. The lowest BCUT2D eigenvalue weighted by atomic mass is 10.2. The minimum absolute atomic E-state index is 0.572. The van der Waals surface area contributed by atoms with E-state index in [0.29, 0.717) is 18.5 Å². The lowest BCUT2D eigenvalue weighted by molar-refractivity contribution is 0.306. The molecule has 4 nitrogen and oxygen atoms in total. The van der Waals surface area contributed by atoms with Crippen molar-refractivity contribution in [1.29, 1.82) is 0 Å². The number of aromatic nitrogens is 2. The molecule has 2 N–H and O–H groups in total. The number of hydrogen-bond acceptors (Lipinski definition) is 3. The molecule has 1 aliphatic carbocycles. The van der Waals surface area contributed by atoms with Crippen molar-refractivity contribution in [3.8, 4) is 0 Å². The summed E-state index contributed by atoms with van der Waals surface area (Å²) in [7, 11) is 1.91. The summed E-state index contributed by atoms with van der Waals surface area (Å²) in [4.78, 5) is 1.91. The van der Waals surface area contributed by atoms with E-state index in [-0.39, 0.29) is 0 Å². The van der Waals surface area contributed by atoms with Crippen molar-refractivity contribution in [3.63, 3.8) is 0 Å². The van der Waals surface area contributed by atoms with Gasteiger partial charge in [0.1, 0.15) is 11.5 Å². The van der Waals surface area contributed by atoms with Gasteiger partial charge in [0.15, 0.2) is 5.67 Å². The van der Waals surface area contributed by atoms with Crippen molar-refractivity contribution in [1.82, 2.24) is 9.78 Å². The van der Waals surface area contributed by atoms with Crippen molar-refractivity contribution in [2.45, 2.75) is 31.5 Å². The zero-order chi connectivity index (χ0) is 11.3. The topological polar surface area (TPSA) is 47.1 Å². The van der Waals surface area contributed by atoms with Gasteiger partial charge in [-0.15, -0.1) is 0 Å². The predicted molar refractivity (Wildman–Crippen MR) is 59.5 cm³/mol. The van der Waals surface area contributed by atoms with Crippen LogP contribution in [0.3, 0.4) is 0 Å². The molecule has 0 unspecified atom stereocenters. The molecule has 0 spiro atoms. The molecule has 2 aliphatic rings. The van der Waals surface area contributed by atoms with Gasteiger partial charge in [-0.1, -0.05) is 0 Å². The summed E-state index contributed by atoms with van der Waals surface area (Å²) in [5.41, 5.74) is 6.05. The van der Waals surface area contributed by atoms with E-state index >= 15 is 0 Å². The van der Waals surface area contributed by atoms with Crippen molar-refractivity contribution in [2.75, 3.05) is 11.9 Å². The van der Waals surface area contributed by atoms with Gasteiger partial charge in [0.2, 0.25) is 0 Å². The summed E-state index contributed by atoms with van der Waals surface area (Å²) >= 11 is 0. The Hall–Kier alpha value is -1.52. The highest BCUT2D eigenvalue weighted by Gasteiger charge is 2.47. The maximum Gasteiger partial charge on any atom is 0.154 e. The number of rotatable bonds is 1. The van der Waals surface area contributed by atoms with Crippen LogP contribution in [0, 0.1) is 0 Å². The highest BCUT2D eigenvalue weighted by atomic mass is 19.1. The van der Waals surface area contributed by atoms with Crippen LogP contribution in [0.4, 0.5) is 10.2 Å². The van der Waals surface area contributed by atoms with Crippen LogP contribution in [-0.2, 0) is 12.2 Å². The van der Waals surface area contributed by atoms with Crippen molar-refractivity contribution in [2.24, 2.45) is 5.73 Å². The highest BCUT2D eigenvalue weighted by molar-refractivity contribution is 5.46. The fourth-order valence-corrected chi connectivity index (χ4v) is 2.05. The van der Waals surface area contributed by atoms with Gasteiger partial charge in [0.25, 0.3) is 0 Å². The number of halogens is 1. The summed E-state index contributed by atoms with van der Waals surface area (Å²) in [5, 5.41) is 4.34. The second kappa shape index (κ2) is 2.99. The molecule has 1 aliphatic heterocycles. The van der Waals surface area contributed by atoms with Crippen molar-refractivity contribution >= 4 is 5.82 Å². The first-order chi connectivity index (χ1) is 7.58. The molecule has 0 atom stereocenters. The number of nitrogens with two attached hydrogens (primary N) is 1. The number of aryl methyl sites for hydroxylation is 1. The molecule has 0 amide bonds. The third-order valence-corrected chi connectivity index (χ3v) is 3.24. The molecule has 1 fully saturated rings. The average molecular weight is 222 g/mol. The van der Waals surface area contributed by atoms with Crippen LogP contribution in [0.15, 0.2) is 18.0 Å². The van der Waals surface area contributed by atoms with E-state index in [2.05, 4.69) is 5.10 Å². The zero-order valence-corrected chi connectivity index (χ0v) is 9.28. The van der Waals surface area contributed by atoms with Gasteiger partial charge < -0.3 is 10.6 Å². The molecular weight excluding hydrogens is 207 g/mol. The van der Waals surface area contributed by atoms with Gasteiger partial charge in [-0.3, -0.25) is 0 Å². The Morgan fingerprint density at radius 2 is 2.25 bits per heavy atom. The molecule has 0 radical (unpaired) electrons. The Morgan fingerprint density at radius 3 is 2.94 bits per heavy atom. The quantitative estimate of drug-likeness (QED) is 0.783. The largest absolute Gasteiger partial charge is 0.401 e. The van der Waals surface area contributed by atoms with E-state index < -0.39 is 5.67 Å². The summed E-state index contributed by atoms with van der Waals surface area (Å²) in [6, 6.07) is 1.84. The maximum absolute atomic E-state index is 13.9. The fourth-order valence-electron chi connectivity index (χ4n) is 2.05. The second-order valence-electron chi connectivity index (χ2n) is 4.64. The van der Waals surface area contributed by atoms with Gasteiger partial charge >= 0.3 is 0 Å². The Balaban J connectivity index is 2.01. The van der Waals surface area contributed by atoms with E-state index in [4.69, 9.17) is 5.73 Å². The van der Waals surface area contributed by atoms with Gasteiger partial charge in [-0.25, -0.2) is 9.07 Å². The maximum atomic E-state index is 13.9. The number of allylic oxidation sites excluding steroid dienone is 1. The van der Waals surface area contributed by atoms with Gasteiger partial charge in [0, 0.05) is 38.0 Å². The Kier molecular flexibility index (Phi) is 1.81. The molecule has 5 heteroatoms. The van der Waals surface area contributed by atoms with Gasteiger partial charge in [0.05, 0.1) is 0 Å². The fraction of sp³-hybridized carbons (Fsp3) is 0.545. The molecular formula is C11H15FN4. The summed E-state index contributed by atoms with van der Waals surface area (Å²) < 4.78 is 15.7. The molecule has 16 heavy (non-hydrogen) atoms. The third kappa shape index (κ3) is 1.38. The zero-order valence-electron chi connectivity index (χ0n) is 9.28. The van der Waals surface area contributed by atoms with Crippen LogP contribution in [-0.4, -0.2) is 16.8 Å². The van der Waals surface area contributed by atoms with E-state index in [9.17, 15) is 4.39 Å². The normalized spacial score (nSPS) is 22.4. The molecule has 1 aromatic rings. The van der Waals surface area contributed by atoms with E-state index in [1.165, 1.54) is 0 Å². The van der Waals surface area contributed by atoms with Gasteiger partial charge in [-0.2, -0.15) is 5.10 Å². The van der Waals surface area contributed by atoms with Crippen LogP contribution in [0.1, 0.15) is 25.0 Å². The van der Waals surface area contributed by atoms with E-state index in [1.54, 1.807) is 0 Å². The molecule has 1 saturated carbocycles. The Bertz CT molecular complexity index is 459. The molecule has 0 bridgehead atoms. The second-order valence-corrected chi connectivity index (χ2v) is 4.64. The lowest BCUT2D eigenvalue weighted by Crippen LogP contribution is -2.12. The summed E-state index contributed by atoms with van der Waals surface area (Å²) in [6.45, 7) is 0.720. The number of alkyl halides is 1. The smallest absolute Gasteiger partial charge is 0.154 e. The number of fused-ring (bicyclic) bond motifs is 1. The number of hydrogen-bond donors (Lipinski definition) is 1. The molecule has 0 saturated heterocycles. The first kappa shape index (κ1) is 9.69. The molecule has 1 aromatic heterocycles. The minimum atomic E-state index is -1.16. The standard InChI is InChI=1S/C11H15FN4/c1-15-7-8(13)2-5-16-10(15)6-9(14-16)11(12)3-4-11/h6-7H,2-5,13H2,1H3. The van der Waals surface area contributed by atoms with Crippen LogP contribution in [0.5, 0.6) is 0 Å². The van der Waals surface area contributed by atoms with Crippen LogP contribution >= 0.6 is 0 Å². The Labute approximate surface area is 93.5 Å². The van der Waals surface area contributed by atoms with Gasteiger partial charge in [-0.05, 0) is 12.8 Å². The molecule has 86 valence electrons. The first-order valence-electron chi connectivity index (χ1n) is 5.55. The summed E-state index contributed by atoms with van der Waals surface area (Å²) in [6.07, 6.45) is 3.84. The lowest BCUT2D eigenvalue weighted by Gasteiger charge is -2.12. The van der Waals surface area contributed by atoms with E-state index in [0.717, 1.165) is 24.5 Å². The monoisotopic (exact) mass is 222 g/mol. The van der Waals surface area contributed by atoms with Crippen molar-refractivity contribution in [3.05, 3.63) is 23.7 Å². The number of anilines is 1. The summed E-state index contributed by atoms with van der Waals surface area (Å²) in [5.74, 6) is 0.916. The highest BCUT2D eigenvalue weighted by Crippen LogP contribution is 2.49. The third-order valence-electron chi connectivity index (χ3n) is 3.24. The average Bonchev–Trinajstić information content (AvgIpc) is 2.86. The molecule has 0 aromatic carbocycles.